The Hall–Kier alpha value is -1.28. The fourth-order valence-corrected chi connectivity index (χ4v) is 8.50. The van der Waals surface area contributed by atoms with E-state index in [0.29, 0.717) is 0 Å². The third-order valence-electron chi connectivity index (χ3n) is 12.6. The van der Waals surface area contributed by atoms with Gasteiger partial charge >= 0.3 is 0 Å². The Balaban J connectivity index is 1.42. The molecule has 0 spiro atoms. The van der Waals surface area contributed by atoms with Crippen LogP contribution >= 0.6 is 0 Å². The van der Waals surface area contributed by atoms with Gasteiger partial charge in [0.2, 0.25) is 0 Å². The van der Waals surface area contributed by atoms with Gasteiger partial charge in [-0.2, -0.15) is 0 Å². The van der Waals surface area contributed by atoms with Crippen LogP contribution in [-0.2, 0) is 47.4 Å². The highest BCUT2D eigenvalue weighted by molar-refractivity contribution is 5.01. The number of hydrogen-bond acceptors (Lipinski definition) is 32. The van der Waals surface area contributed by atoms with Gasteiger partial charge < -0.3 is 160 Å². The van der Waals surface area contributed by atoms with Gasteiger partial charge in [-0.05, 0) is 13.0 Å². The second-order valence-electron chi connectivity index (χ2n) is 17.4. The Morgan fingerprint density at radius 2 is 0.714 bits per heavy atom. The molecule has 32 heteroatoms. The van der Waals surface area contributed by atoms with Crippen molar-refractivity contribution in [2.24, 2.45) is 5.73 Å². The topological polar surface area (TPSA) is 543 Å². The van der Waals surface area contributed by atoms with Crippen LogP contribution in [0.25, 0.3) is 0 Å². The third-order valence-corrected chi connectivity index (χ3v) is 12.6. The van der Waals surface area contributed by atoms with Crippen molar-refractivity contribution in [1.29, 1.82) is 0 Å². The molecule has 32 nitrogen and oxygen atoms in total. The minimum Gasteiger partial charge on any atom is -0.394 e. The van der Waals surface area contributed by atoms with E-state index in [1.165, 1.54) is 0 Å². The molecule has 23 N–H and O–H groups in total. The molecule has 5 fully saturated rings. The van der Waals surface area contributed by atoms with Gasteiger partial charge in [0.25, 0.3) is 0 Å². The number of hydrogen-bond donors (Lipinski definition) is 22. The minimum atomic E-state index is -2.33. The van der Waals surface area contributed by atoms with Crippen molar-refractivity contribution in [2.45, 2.75) is 190 Å². The first-order valence-electron chi connectivity index (χ1n) is 22.3. The van der Waals surface area contributed by atoms with Crippen molar-refractivity contribution in [3.63, 3.8) is 0 Å². The molecule has 0 aromatic rings. The second kappa shape index (κ2) is 26.5. The highest BCUT2D eigenvalue weighted by atomic mass is 16.8. The van der Waals surface area contributed by atoms with E-state index < -0.39 is 217 Å². The normalized spacial score (nSPS) is 47.3. The average Bonchev–Trinajstić information content (AvgIpc) is 3.35. The molecule has 70 heavy (non-hydrogen) atoms. The molecule has 0 amide bonds. The molecular weight excluding hydrogens is 966 g/mol. The Bertz CT molecular complexity index is 1540. The van der Waals surface area contributed by atoms with Gasteiger partial charge in [0.1, 0.15) is 153 Å². The van der Waals surface area contributed by atoms with E-state index >= 15 is 0 Å². The molecule has 5 saturated heterocycles. The van der Waals surface area contributed by atoms with E-state index in [-0.39, 0.29) is 19.6 Å². The number of aliphatic hydroxyl groups is 21. The number of nitrogens with two attached hydrogens (primary N) is 1. The monoisotopic (exact) mass is 1040 g/mol. The molecule has 0 aromatic carbocycles. The smallest absolute Gasteiger partial charge is 0.187 e. The molecule has 0 radical (unpaired) electrons. The lowest BCUT2D eigenvalue weighted by Gasteiger charge is -2.50. The molecule has 0 aromatic heterocycles. The van der Waals surface area contributed by atoms with Crippen LogP contribution in [0, 0.1) is 0 Å². The van der Waals surface area contributed by atoms with E-state index in [1.54, 1.807) is 0 Å². The first-order valence-corrected chi connectivity index (χ1v) is 22.3. The van der Waals surface area contributed by atoms with E-state index in [4.69, 9.17) is 53.1 Å². The van der Waals surface area contributed by atoms with Crippen LogP contribution in [0.15, 0.2) is 0 Å². The predicted octanol–water partition coefficient (Wildman–Crippen LogP) is -14.7. The molecule has 0 aliphatic carbocycles. The molecule has 5 heterocycles. The Morgan fingerprint density at radius 3 is 1.17 bits per heavy atom. The molecule has 30 atom stereocenters. The van der Waals surface area contributed by atoms with Crippen molar-refractivity contribution in [2.75, 3.05) is 46.2 Å². The lowest BCUT2D eigenvalue weighted by molar-refractivity contribution is -0.404. The van der Waals surface area contributed by atoms with Crippen molar-refractivity contribution in [1.82, 2.24) is 0 Å². The van der Waals surface area contributed by atoms with Crippen LogP contribution in [0.4, 0.5) is 0 Å². The summed E-state index contributed by atoms with van der Waals surface area (Å²) in [6.07, 6.45) is -62.1. The minimum absolute atomic E-state index is 0.0876. The SMILES string of the molecule is NCCCO[C@H]1O[C@H]([C@H](O)CO)[C@@H](O)[C@H](O)[C@@H]1O[C@H]1O[C@H]([C@H](O)CO)[C@@H](O)[C@H](O)[C@@H]1O[C@H]1O[C@H]([C@@H](CO)O[C@H]2O[C@H]([C@H](O)CO)[C@@H](O)[C@H](O[C@H]3O[C@H]([C@H](O)CO)[C@@H](O)[C@H](O)[C@@H]3O)[C@@H]2O)[C@@H](O)[C@H](O)[C@@H]1O. The van der Waals surface area contributed by atoms with Crippen LogP contribution in [0.3, 0.4) is 0 Å². The fraction of sp³-hybridized carbons (Fsp3) is 1.00. The zero-order chi connectivity index (χ0) is 52.0. The summed E-state index contributed by atoms with van der Waals surface area (Å²) in [6, 6.07) is 0. The summed E-state index contributed by atoms with van der Waals surface area (Å²) in [5.41, 5.74) is 5.56. The molecule has 412 valence electrons. The maximum absolute atomic E-state index is 11.5. The van der Waals surface area contributed by atoms with Crippen molar-refractivity contribution < 1.29 is 155 Å². The Kier molecular flexibility index (Phi) is 22.5. The summed E-state index contributed by atoms with van der Waals surface area (Å²) in [4.78, 5) is 0. The zero-order valence-electron chi connectivity index (χ0n) is 37.0. The summed E-state index contributed by atoms with van der Waals surface area (Å²) in [5.74, 6) is 0. The maximum atomic E-state index is 11.5. The first-order chi connectivity index (χ1) is 33.1. The van der Waals surface area contributed by atoms with Crippen LogP contribution in [0.1, 0.15) is 6.42 Å². The zero-order valence-corrected chi connectivity index (χ0v) is 37.0. The molecule has 5 aliphatic rings. The van der Waals surface area contributed by atoms with Gasteiger partial charge in [0.15, 0.2) is 31.5 Å². The van der Waals surface area contributed by atoms with Crippen LogP contribution < -0.4 is 5.73 Å². The molecule has 0 bridgehead atoms. The van der Waals surface area contributed by atoms with Gasteiger partial charge in [-0.3, -0.25) is 0 Å². The summed E-state index contributed by atoms with van der Waals surface area (Å²) in [5, 5.41) is 222. The lowest BCUT2D eigenvalue weighted by atomic mass is 9.92. The Labute approximate surface area is 396 Å². The van der Waals surface area contributed by atoms with Gasteiger partial charge in [-0.25, -0.2) is 0 Å². The number of aliphatic hydroxyl groups excluding tert-OH is 21. The van der Waals surface area contributed by atoms with E-state index in [9.17, 15) is 107 Å². The van der Waals surface area contributed by atoms with Crippen molar-refractivity contribution >= 4 is 0 Å². The predicted molar refractivity (Wildman–Crippen MR) is 214 cm³/mol. The summed E-state index contributed by atoms with van der Waals surface area (Å²) in [6.45, 7) is -5.52. The van der Waals surface area contributed by atoms with Crippen molar-refractivity contribution in [3.8, 4) is 0 Å². The molecule has 0 saturated carbocycles. The summed E-state index contributed by atoms with van der Waals surface area (Å²) >= 11 is 0. The van der Waals surface area contributed by atoms with E-state index in [0.717, 1.165) is 0 Å². The van der Waals surface area contributed by atoms with Crippen LogP contribution in [0.2, 0.25) is 0 Å². The van der Waals surface area contributed by atoms with Gasteiger partial charge in [-0.15, -0.1) is 0 Å². The van der Waals surface area contributed by atoms with Crippen LogP contribution in [-0.4, -0.2) is 337 Å². The number of ether oxygens (including phenoxy) is 10. The van der Waals surface area contributed by atoms with E-state index in [2.05, 4.69) is 0 Å². The number of rotatable bonds is 22. The molecule has 0 unspecified atom stereocenters. The van der Waals surface area contributed by atoms with Crippen molar-refractivity contribution in [3.05, 3.63) is 0 Å². The molecular formula is C38H69NO31. The van der Waals surface area contributed by atoms with E-state index in [1.807, 2.05) is 0 Å². The lowest BCUT2D eigenvalue weighted by Crippen LogP contribution is -2.69. The first kappa shape index (κ1) is 59.6. The quantitative estimate of drug-likeness (QED) is 0.0448. The summed E-state index contributed by atoms with van der Waals surface area (Å²) in [7, 11) is 0. The maximum Gasteiger partial charge on any atom is 0.187 e. The van der Waals surface area contributed by atoms with Gasteiger partial charge in [0.05, 0.1) is 39.6 Å². The fourth-order valence-electron chi connectivity index (χ4n) is 8.50. The largest absolute Gasteiger partial charge is 0.394 e. The Morgan fingerprint density at radius 1 is 0.357 bits per heavy atom. The second-order valence-corrected chi connectivity index (χ2v) is 17.4. The molecule has 5 aliphatic heterocycles. The average molecular weight is 1040 g/mol. The van der Waals surface area contributed by atoms with Gasteiger partial charge in [-0.1, -0.05) is 0 Å². The van der Waals surface area contributed by atoms with Crippen LogP contribution in [0.5, 0.6) is 0 Å². The standard InChI is InChI=1S/C38H69NO31/c39-2-1-3-61-37-32(20(55)18(53)27(65-37)10(46)5-41)70-38-33(21(56)19(54)28(66-38)11(47)6-42)69-35-23(58)15(50)17(52)30(67-35)13(8-44)62-36-25(60)31(24(59)29(64-36)12(48)7-43)68-34-22(57)14(49)16(51)26(63-34)9(45)4-40/h9-38,40-60H,1-8,39H2/t9-,10-,11-,12-,13-,14+,15+,16+,17+,18+,19+,20+,21+,22+,23+,24-,25+,26-,27-,28-,29-,30-,31+,32+,33+,34-,35-,36+,37+,38-/m1/s1. The highest BCUT2D eigenvalue weighted by Crippen LogP contribution is 2.37. The third kappa shape index (κ3) is 12.9. The highest BCUT2D eigenvalue weighted by Gasteiger charge is 2.58. The molecule has 5 rings (SSSR count). The van der Waals surface area contributed by atoms with Gasteiger partial charge in [0, 0.05) is 0 Å². The summed E-state index contributed by atoms with van der Waals surface area (Å²) < 4.78 is 56.6.